The summed E-state index contributed by atoms with van der Waals surface area (Å²) >= 11 is 12.2. The van der Waals surface area contributed by atoms with Crippen molar-refractivity contribution in [2.75, 3.05) is 11.9 Å². The summed E-state index contributed by atoms with van der Waals surface area (Å²) < 4.78 is 27.9. The molecule has 7 nitrogen and oxygen atoms in total. The Bertz CT molecular complexity index is 1250. The van der Waals surface area contributed by atoms with E-state index < -0.39 is 10.0 Å². The SMILES string of the molecule is O=C(Nc1ncnc2c1CCN(S(=O)(=O)c1cc(Cl)ccc1Cl)C2)C12CC3CC(CC(C3)C1)C2. The molecule has 180 valence electrons. The lowest BCUT2D eigenvalue weighted by Crippen LogP contribution is -2.52. The van der Waals surface area contributed by atoms with Gasteiger partial charge in [-0.1, -0.05) is 23.2 Å². The Balaban J connectivity index is 1.24. The molecular weight excluding hydrogens is 495 g/mol. The molecule has 1 aromatic carbocycles. The van der Waals surface area contributed by atoms with E-state index >= 15 is 0 Å². The molecule has 0 radical (unpaired) electrons. The molecule has 1 N–H and O–H groups in total. The Morgan fingerprint density at radius 2 is 1.74 bits per heavy atom. The second kappa shape index (κ2) is 8.15. The van der Waals surface area contributed by atoms with E-state index in [1.807, 2.05) is 0 Å². The summed E-state index contributed by atoms with van der Waals surface area (Å²) in [5, 5.41) is 3.56. The van der Waals surface area contributed by atoms with Crippen LogP contribution in [0.4, 0.5) is 5.82 Å². The van der Waals surface area contributed by atoms with Crippen molar-refractivity contribution in [2.45, 2.75) is 56.4 Å². The van der Waals surface area contributed by atoms with Gasteiger partial charge < -0.3 is 5.32 Å². The molecular formula is C24H26Cl2N4O3S. The minimum Gasteiger partial charge on any atom is -0.310 e. The van der Waals surface area contributed by atoms with Gasteiger partial charge in [0, 0.05) is 17.1 Å². The Morgan fingerprint density at radius 1 is 1.06 bits per heavy atom. The molecule has 1 amide bonds. The number of hydrogen-bond donors (Lipinski definition) is 1. The van der Waals surface area contributed by atoms with E-state index in [4.69, 9.17) is 23.2 Å². The number of nitrogens with zero attached hydrogens (tertiary/aromatic N) is 3. The zero-order chi connectivity index (χ0) is 23.7. The molecule has 4 aliphatic carbocycles. The molecule has 4 fully saturated rings. The van der Waals surface area contributed by atoms with Crippen molar-refractivity contribution in [3.8, 4) is 0 Å². The zero-order valence-electron chi connectivity index (χ0n) is 18.6. The normalized spacial score (nSPS) is 30.2. The van der Waals surface area contributed by atoms with Crippen LogP contribution in [-0.2, 0) is 27.8 Å². The van der Waals surface area contributed by atoms with Crippen LogP contribution < -0.4 is 5.32 Å². The minimum absolute atomic E-state index is 0.0190. The summed E-state index contributed by atoms with van der Waals surface area (Å²) in [6.07, 6.45) is 8.56. The van der Waals surface area contributed by atoms with Crippen LogP contribution >= 0.6 is 23.2 Å². The van der Waals surface area contributed by atoms with Crippen LogP contribution in [0.2, 0.25) is 10.0 Å². The lowest BCUT2D eigenvalue weighted by Gasteiger charge is -2.55. The number of nitrogens with one attached hydrogen (secondary N) is 1. The van der Waals surface area contributed by atoms with Crippen molar-refractivity contribution < 1.29 is 13.2 Å². The molecule has 5 aliphatic rings. The highest BCUT2D eigenvalue weighted by Crippen LogP contribution is 2.60. The predicted octanol–water partition coefficient (Wildman–Crippen LogP) is 4.69. The quantitative estimate of drug-likeness (QED) is 0.631. The molecule has 2 aromatic rings. The van der Waals surface area contributed by atoms with Gasteiger partial charge in [0.2, 0.25) is 15.9 Å². The van der Waals surface area contributed by atoms with Crippen LogP contribution in [0.1, 0.15) is 49.8 Å². The number of fused-ring (bicyclic) bond motifs is 1. The lowest BCUT2D eigenvalue weighted by molar-refractivity contribution is -0.140. The van der Waals surface area contributed by atoms with Gasteiger partial charge in [0.25, 0.3) is 0 Å². The number of aromatic nitrogens is 2. The fraction of sp³-hybridized carbons (Fsp3) is 0.542. The third kappa shape index (κ3) is 3.74. The van der Waals surface area contributed by atoms with E-state index in [9.17, 15) is 13.2 Å². The van der Waals surface area contributed by atoms with E-state index in [2.05, 4.69) is 15.3 Å². The van der Waals surface area contributed by atoms with Gasteiger partial charge in [0.15, 0.2) is 0 Å². The molecule has 0 saturated heterocycles. The van der Waals surface area contributed by atoms with Crippen molar-refractivity contribution in [1.29, 1.82) is 0 Å². The predicted molar refractivity (Wildman–Crippen MR) is 129 cm³/mol. The average Bonchev–Trinajstić information content (AvgIpc) is 2.79. The maximum Gasteiger partial charge on any atom is 0.244 e. The van der Waals surface area contributed by atoms with Crippen molar-refractivity contribution in [3.63, 3.8) is 0 Å². The molecule has 4 saturated carbocycles. The Labute approximate surface area is 209 Å². The van der Waals surface area contributed by atoms with E-state index in [1.54, 1.807) is 6.07 Å². The second-order valence-corrected chi connectivity index (χ2v) is 13.2. The zero-order valence-corrected chi connectivity index (χ0v) is 21.0. The van der Waals surface area contributed by atoms with Gasteiger partial charge in [-0.25, -0.2) is 18.4 Å². The Morgan fingerprint density at radius 3 is 2.41 bits per heavy atom. The summed E-state index contributed by atoms with van der Waals surface area (Å²) in [4.78, 5) is 22.2. The van der Waals surface area contributed by atoms with Crippen LogP contribution in [0.3, 0.4) is 0 Å². The molecule has 10 heteroatoms. The van der Waals surface area contributed by atoms with Crippen LogP contribution in [-0.4, -0.2) is 35.1 Å². The first-order valence-corrected chi connectivity index (χ1v) is 14.0. The summed E-state index contributed by atoms with van der Waals surface area (Å²) in [5.41, 5.74) is 1.13. The fourth-order valence-electron chi connectivity index (χ4n) is 7.09. The van der Waals surface area contributed by atoms with Gasteiger partial charge in [0.05, 0.1) is 22.7 Å². The van der Waals surface area contributed by atoms with Crippen LogP contribution in [0, 0.1) is 23.2 Å². The highest BCUT2D eigenvalue weighted by Gasteiger charge is 2.54. The van der Waals surface area contributed by atoms with Crippen molar-refractivity contribution in [2.24, 2.45) is 23.2 Å². The van der Waals surface area contributed by atoms with E-state index in [0.29, 0.717) is 40.7 Å². The molecule has 7 rings (SSSR count). The first-order valence-electron chi connectivity index (χ1n) is 11.8. The number of halogens is 2. The Hall–Kier alpha value is -1.74. The van der Waals surface area contributed by atoms with Crippen LogP contribution in [0.5, 0.6) is 0 Å². The van der Waals surface area contributed by atoms with Crippen molar-refractivity contribution >= 4 is 45.0 Å². The average molecular weight is 521 g/mol. The minimum atomic E-state index is -3.86. The number of rotatable bonds is 4. The number of hydrogen-bond acceptors (Lipinski definition) is 5. The smallest absolute Gasteiger partial charge is 0.244 e. The standard InChI is InChI=1S/C24H26Cl2N4O3S/c25-17-1-2-19(26)21(8-17)34(32,33)30-4-3-18-20(12-30)27-13-28-22(18)29-23(31)24-9-14-5-15(10-24)7-16(6-14)11-24/h1-2,8,13-16H,3-7,9-12H2,(H,27,28,29,31). The first-order chi connectivity index (χ1) is 16.2. The summed E-state index contributed by atoms with van der Waals surface area (Å²) in [6.45, 7) is 0.328. The molecule has 34 heavy (non-hydrogen) atoms. The van der Waals surface area contributed by atoms with Gasteiger partial charge in [-0.15, -0.1) is 0 Å². The monoisotopic (exact) mass is 520 g/mol. The number of carbonyl (C=O) groups is 1. The number of benzene rings is 1. The third-order valence-electron chi connectivity index (χ3n) is 8.23. The summed E-state index contributed by atoms with van der Waals surface area (Å²) in [6, 6.07) is 4.40. The molecule has 2 heterocycles. The largest absolute Gasteiger partial charge is 0.310 e. The highest BCUT2D eigenvalue weighted by molar-refractivity contribution is 7.89. The van der Waals surface area contributed by atoms with Crippen LogP contribution in [0.15, 0.2) is 29.4 Å². The summed E-state index contributed by atoms with van der Waals surface area (Å²) in [5.74, 6) is 2.62. The van der Waals surface area contributed by atoms with Crippen molar-refractivity contribution in [1.82, 2.24) is 14.3 Å². The van der Waals surface area contributed by atoms with Gasteiger partial charge >= 0.3 is 0 Å². The van der Waals surface area contributed by atoms with Gasteiger partial charge in [-0.2, -0.15) is 4.31 Å². The van der Waals surface area contributed by atoms with Gasteiger partial charge in [-0.3, -0.25) is 4.79 Å². The second-order valence-electron chi connectivity index (χ2n) is 10.5. The number of anilines is 1. The van der Waals surface area contributed by atoms with E-state index in [1.165, 1.54) is 42.0 Å². The van der Waals surface area contributed by atoms with Gasteiger partial charge in [-0.05, 0) is 80.9 Å². The maximum atomic E-state index is 13.5. The molecule has 1 aliphatic heterocycles. The van der Waals surface area contributed by atoms with Gasteiger partial charge in [0.1, 0.15) is 17.0 Å². The van der Waals surface area contributed by atoms with E-state index in [-0.39, 0.29) is 34.3 Å². The first kappa shape index (κ1) is 22.7. The molecule has 0 spiro atoms. The number of carbonyl (C=O) groups excluding carboxylic acids is 1. The molecule has 0 unspecified atom stereocenters. The molecule has 0 atom stereocenters. The summed E-state index contributed by atoms with van der Waals surface area (Å²) in [7, 11) is -3.86. The Kier molecular flexibility index (Phi) is 5.44. The lowest BCUT2D eigenvalue weighted by atomic mass is 9.49. The number of amides is 1. The van der Waals surface area contributed by atoms with Crippen LogP contribution in [0.25, 0.3) is 0 Å². The third-order valence-corrected chi connectivity index (χ3v) is 10.8. The van der Waals surface area contributed by atoms with Crippen molar-refractivity contribution in [3.05, 3.63) is 45.8 Å². The molecule has 1 aromatic heterocycles. The number of sulfonamides is 1. The maximum absolute atomic E-state index is 13.5. The highest BCUT2D eigenvalue weighted by atomic mass is 35.5. The fourth-order valence-corrected chi connectivity index (χ4v) is 9.23. The topological polar surface area (TPSA) is 92.3 Å². The molecule has 4 bridgehead atoms. The van der Waals surface area contributed by atoms with E-state index in [0.717, 1.165) is 24.8 Å².